The first-order valence-corrected chi connectivity index (χ1v) is 12.9. The number of ether oxygens (including phenoxy) is 1. The maximum Gasteiger partial charge on any atom is 0.416 e. The number of amides is 1. The summed E-state index contributed by atoms with van der Waals surface area (Å²) in [6, 6.07) is 5.72. The minimum Gasteiger partial charge on any atom is -0.493 e. The summed E-state index contributed by atoms with van der Waals surface area (Å²) in [6.07, 6.45) is -0.831. The molecule has 15 heteroatoms. The molecule has 44 heavy (non-hydrogen) atoms. The van der Waals surface area contributed by atoms with Crippen LogP contribution in [0, 0.1) is 5.41 Å². The Kier molecular flexibility index (Phi) is 8.78. The van der Waals surface area contributed by atoms with Crippen molar-refractivity contribution < 1.29 is 42.2 Å². The number of nitrogen functional groups attached to an aromatic ring is 1. The van der Waals surface area contributed by atoms with E-state index < -0.39 is 41.2 Å². The summed E-state index contributed by atoms with van der Waals surface area (Å²) in [5.41, 5.74) is 3.96. The molecule has 0 radical (unpaired) electrons. The number of aromatic nitrogens is 4. The molecule has 4 rings (SSSR count). The van der Waals surface area contributed by atoms with Crippen molar-refractivity contribution >= 4 is 41.1 Å². The van der Waals surface area contributed by atoms with Gasteiger partial charge in [0, 0.05) is 36.1 Å². The van der Waals surface area contributed by atoms with E-state index in [1.54, 1.807) is 6.92 Å². The Labute approximate surface area is 247 Å². The number of carbonyl (C=O) groups excluding carboxylic acids is 3. The average Bonchev–Trinajstić information content (AvgIpc) is 3.34. The van der Waals surface area contributed by atoms with E-state index in [4.69, 9.17) is 10.5 Å². The number of anilines is 2. The molecule has 12 nitrogen and oxygen atoms in total. The lowest BCUT2D eigenvalue weighted by Crippen LogP contribution is -2.33. The van der Waals surface area contributed by atoms with Crippen LogP contribution in [0.5, 0.6) is 5.75 Å². The number of imidazole rings is 1. The third-order valence-electron chi connectivity index (χ3n) is 6.60. The topological polar surface area (TPSA) is 179 Å². The summed E-state index contributed by atoms with van der Waals surface area (Å²) in [7, 11) is 0. The minimum absolute atomic E-state index is 0.0322. The number of alkyl halides is 3. The van der Waals surface area contributed by atoms with Gasteiger partial charge >= 0.3 is 12.1 Å². The molecule has 1 amide bonds. The molecule has 4 N–H and O–H groups in total. The van der Waals surface area contributed by atoms with Crippen molar-refractivity contribution in [2.24, 2.45) is 5.41 Å². The maximum absolute atomic E-state index is 13.1. The van der Waals surface area contributed by atoms with Gasteiger partial charge in [0.25, 0.3) is 5.91 Å². The van der Waals surface area contributed by atoms with Crippen LogP contribution in [0.15, 0.2) is 61.6 Å². The maximum atomic E-state index is 13.1. The number of nitrogens with two attached hydrogens (primary N) is 1. The van der Waals surface area contributed by atoms with Crippen molar-refractivity contribution in [3.63, 3.8) is 0 Å². The second-order valence-corrected chi connectivity index (χ2v) is 9.49. The molecule has 1 atom stereocenters. The van der Waals surface area contributed by atoms with E-state index in [0.29, 0.717) is 11.6 Å². The van der Waals surface area contributed by atoms with E-state index in [1.165, 1.54) is 35.0 Å². The first-order valence-electron chi connectivity index (χ1n) is 12.9. The van der Waals surface area contributed by atoms with Gasteiger partial charge in [-0.3, -0.25) is 18.8 Å². The van der Waals surface area contributed by atoms with Gasteiger partial charge in [-0.1, -0.05) is 6.08 Å². The van der Waals surface area contributed by atoms with Crippen LogP contribution in [0.2, 0.25) is 0 Å². The summed E-state index contributed by atoms with van der Waals surface area (Å²) < 4.78 is 46.5. The Hall–Kier alpha value is -5.60. The van der Waals surface area contributed by atoms with Gasteiger partial charge in [0.1, 0.15) is 51.9 Å². The number of hydrogen-bond donors (Lipinski definition) is 3. The van der Waals surface area contributed by atoms with Gasteiger partial charge in [0.05, 0.1) is 18.6 Å². The summed E-state index contributed by atoms with van der Waals surface area (Å²) >= 11 is 0. The molecule has 0 bridgehead atoms. The van der Waals surface area contributed by atoms with Crippen LogP contribution in [0.4, 0.5) is 24.8 Å². The Balaban J connectivity index is 1.72. The first kappa shape index (κ1) is 31.3. The highest BCUT2D eigenvalue weighted by Crippen LogP contribution is 2.36. The molecule has 0 aliphatic heterocycles. The first-order chi connectivity index (χ1) is 20.8. The average molecular weight is 611 g/mol. The largest absolute Gasteiger partial charge is 0.493 e. The molecule has 3 heterocycles. The SMILES string of the molecule is C=CC(C=O)(CC(=O)Cc1nc(-c2ccc(C(=O)Nc3cc(C(F)(F)F)ccn3)cc2OCC)c2c(N)nccn12)C(=O)O. The van der Waals surface area contributed by atoms with Crippen LogP contribution < -0.4 is 15.8 Å². The third kappa shape index (κ3) is 6.25. The number of nitrogens with one attached hydrogen (secondary N) is 1. The number of halogens is 3. The number of fused-ring (bicyclic) bond motifs is 1. The lowest BCUT2D eigenvalue weighted by molar-refractivity contribution is -0.150. The van der Waals surface area contributed by atoms with Gasteiger partial charge in [-0.05, 0) is 37.3 Å². The van der Waals surface area contributed by atoms with Gasteiger partial charge in [-0.25, -0.2) is 15.0 Å². The number of carboxylic acids is 1. The van der Waals surface area contributed by atoms with Crippen LogP contribution in [0.1, 0.15) is 35.1 Å². The molecule has 0 spiro atoms. The number of carbonyl (C=O) groups is 4. The Morgan fingerprint density at radius 1 is 1.16 bits per heavy atom. The zero-order chi connectivity index (χ0) is 32.2. The van der Waals surface area contributed by atoms with Gasteiger partial charge in [-0.2, -0.15) is 13.2 Å². The van der Waals surface area contributed by atoms with E-state index in [0.717, 1.165) is 18.3 Å². The predicted octanol–water partition coefficient (Wildman–Crippen LogP) is 4.00. The number of Topliss-reactive ketones (excluding diaryl/α,β-unsaturated/α-hetero) is 1. The number of carboxylic acid groups (broad SMARTS) is 1. The van der Waals surface area contributed by atoms with Crippen molar-refractivity contribution in [1.82, 2.24) is 19.4 Å². The van der Waals surface area contributed by atoms with Gasteiger partial charge in [-0.15, -0.1) is 6.58 Å². The van der Waals surface area contributed by atoms with Crippen molar-refractivity contribution in [3.05, 3.63) is 78.5 Å². The molecule has 3 aromatic heterocycles. The predicted molar refractivity (Wildman–Crippen MR) is 151 cm³/mol. The normalized spacial score (nSPS) is 12.7. The summed E-state index contributed by atoms with van der Waals surface area (Å²) in [6.45, 7) is 5.22. The van der Waals surface area contributed by atoms with Crippen molar-refractivity contribution in [3.8, 4) is 17.0 Å². The van der Waals surface area contributed by atoms with E-state index in [9.17, 15) is 37.5 Å². The number of nitrogens with zero attached hydrogens (tertiary/aromatic N) is 4. The molecule has 0 saturated carbocycles. The number of hydrogen-bond acceptors (Lipinski definition) is 9. The lowest BCUT2D eigenvalue weighted by Gasteiger charge is -2.17. The fraction of sp³-hybridized carbons (Fsp3) is 0.207. The van der Waals surface area contributed by atoms with Crippen molar-refractivity contribution in [2.45, 2.75) is 25.9 Å². The lowest BCUT2D eigenvalue weighted by atomic mass is 9.84. The molecule has 0 saturated heterocycles. The standard InChI is InChI=1S/C29H25F3N6O6/c1-3-28(15-39,27(42)43)14-18(40)13-22-37-23(24-25(33)35-9-10-38(22)24)19-6-5-16(11-20(19)44-4-2)26(41)36-21-12-17(7-8-34-21)29(30,31)32/h3,5-12,15H,1,4,13-14H2,2H3,(H2,33,35)(H,42,43)(H,34,36,41). The number of aliphatic carboxylic acids is 1. The van der Waals surface area contributed by atoms with E-state index in [1.807, 2.05) is 0 Å². The highest BCUT2D eigenvalue weighted by molar-refractivity contribution is 6.05. The van der Waals surface area contributed by atoms with E-state index in [2.05, 4.69) is 26.8 Å². The van der Waals surface area contributed by atoms with Crippen LogP contribution in [-0.4, -0.2) is 55.0 Å². The van der Waals surface area contributed by atoms with Crippen LogP contribution in [-0.2, 0) is 27.0 Å². The van der Waals surface area contributed by atoms with Crippen LogP contribution >= 0.6 is 0 Å². The van der Waals surface area contributed by atoms with Crippen LogP contribution in [0.3, 0.4) is 0 Å². The second-order valence-electron chi connectivity index (χ2n) is 9.49. The number of rotatable bonds is 12. The number of ketones is 1. The number of pyridine rings is 1. The monoisotopic (exact) mass is 610 g/mol. The Bertz CT molecular complexity index is 1780. The Morgan fingerprint density at radius 2 is 1.91 bits per heavy atom. The molecule has 0 fully saturated rings. The number of benzene rings is 1. The smallest absolute Gasteiger partial charge is 0.416 e. The highest BCUT2D eigenvalue weighted by atomic mass is 19.4. The van der Waals surface area contributed by atoms with E-state index in [-0.39, 0.29) is 59.3 Å². The summed E-state index contributed by atoms with van der Waals surface area (Å²) in [4.78, 5) is 61.5. The molecular formula is C29H25F3N6O6. The molecule has 228 valence electrons. The third-order valence-corrected chi connectivity index (χ3v) is 6.60. The minimum atomic E-state index is -4.63. The van der Waals surface area contributed by atoms with Gasteiger partial charge in [0.15, 0.2) is 0 Å². The van der Waals surface area contributed by atoms with Crippen LogP contribution in [0.25, 0.3) is 16.8 Å². The molecule has 1 aromatic carbocycles. The zero-order valence-corrected chi connectivity index (χ0v) is 23.1. The molecular weight excluding hydrogens is 585 g/mol. The number of aldehydes is 1. The fourth-order valence-electron chi connectivity index (χ4n) is 4.38. The van der Waals surface area contributed by atoms with E-state index >= 15 is 0 Å². The highest BCUT2D eigenvalue weighted by Gasteiger charge is 2.38. The molecule has 0 aliphatic carbocycles. The molecule has 4 aromatic rings. The van der Waals surface area contributed by atoms with Crippen molar-refractivity contribution in [2.75, 3.05) is 17.7 Å². The molecule has 0 aliphatic rings. The van der Waals surface area contributed by atoms with Gasteiger partial charge in [0.2, 0.25) is 0 Å². The summed E-state index contributed by atoms with van der Waals surface area (Å²) in [5.74, 6) is -2.85. The fourth-order valence-corrected chi connectivity index (χ4v) is 4.38. The summed E-state index contributed by atoms with van der Waals surface area (Å²) in [5, 5.41) is 11.8. The quantitative estimate of drug-likeness (QED) is 0.121. The van der Waals surface area contributed by atoms with Crippen molar-refractivity contribution in [1.29, 1.82) is 0 Å². The second kappa shape index (κ2) is 12.3. The van der Waals surface area contributed by atoms with Gasteiger partial charge < -0.3 is 25.7 Å². The Morgan fingerprint density at radius 3 is 2.55 bits per heavy atom. The molecule has 1 unspecified atom stereocenters. The zero-order valence-electron chi connectivity index (χ0n) is 23.1.